The third-order valence-corrected chi connectivity index (χ3v) is 5.27. The van der Waals surface area contributed by atoms with Gasteiger partial charge in [-0.25, -0.2) is 9.59 Å². The van der Waals surface area contributed by atoms with Crippen LogP contribution in [0.3, 0.4) is 0 Å². The summed E-state index contributed by atoms with van der Waals surface area (Å²) in [7, 11) is 4.08. The second kappa shape index (κ2) is 14.8. The quantitative estimate of drug-likeness (QED) is 0.503. The van der Waals surface area contributed by atoms with E-state index in [2.05, 4.69) is 9.88 Å². The minimum atomic E-state index is -5.08. The van der Waals surface area contributed by atoms with Crippen LogP contribution in [0.5, 0.6) is 0 Å². The average Bonchev–Trinajstić information content (AvgIpc) is 3.22. The number of halogens is 6. The van der Waals surface area contributed by atoms with Gasteiger partial charge < -0.3 is 29.5 Å². The molecule has 0 bridgehead atoms. The molecule has 0 radical (unpaired) electrons. The number of ether oxygens (including phenoxy) is 2. The summed E-state index contributed by atoms with van der Waals surface area (Å²) < 4.78 is 75.4. The van der Waals surface area contributed by atoms with Gasteiger partial charge in [0, 0.05) is 25.0 Å². The number of hydrogen-bond donors (Lipinski definition) is 2. The van der Waals surface area contributed by atoms with Gasteiger partial charge in [-0.1, -0.05) is 6.07 Å². The zero-order chi connectivity index (χ0) is 29.1. The van der Waals surface area contributed by atoms with Crippen molar-refractivity contribution < 1.29 is 60.4 Å². The molecule has 16 heteroatoms. The van der Waals surface area contributed by atoms with Crippen LogP contribution >= 0.6 is 0 Å². The number of aliphatic carboxylic acids is 2. The largest absolute Gasteiger partial charge is 0.490 e. The number of carboxylic acids is 2. The van der Waals surface area contributed by atoms with Crippen LogP contribution in [0.25, 0.3) is 0 Å². The van der Waals surface area contributed by atoms with Crippen LogP contribution in [-0.2, 0) is 30.3 Å². The fourth-order valence-electron chi connectivity index (χ4n) is 3.55. The second-order valence-electron chi connectivity index (χ2n) is 8.38. The molecule has 1 saturated heterocycles. The molecule has 1 aromatic heterocycles. The lowest BCUT2D eigenvalue weighted by atomic mass is 10.1. The number of aromatic nitrogens is 1. The van der Waals surface area contributed by atoms with E-state index in [1.54, 1.807) is 6.20 Å². The number of pyridine rings is 1. The maximum absolute atomic E-state index is 12.7. The molecule has 38 heavy (non-hydrogen) atoms. The molecule has 10 nitrogen and oxygen atoms in total. The van der Waals surface area contributed by atoms with Crippen molar-refractivity contribution >= 4 is 17.8 Å². The van der Waals surface area contributed by atoms with E-state index >= 15 is 0 Å². The predicted molar refractivity (Wildman–Crippen MR) is 118 cm³/mol. The Morgan fingerprint density at radius 2 is 1.66 bits per heavy atom. The van der Waals surface area contributed by atoms with Crippen molar-refractivity contribution in [3.05, 3.63) is 30.1 Å². The highest BCUT2D eigenvalue weighted by Crippen LogP contribution is 2.32. The molecule has 2 N–H and O–H groups in total. The van der Waals surface area contributed by atoms with E-state index in [0.717, 1.165) is 25.1 Å². The first-order valence-electron chi connectivity index (χ1n) is 11.2. The van der Waals surface area contributed by atoms with Gasteiger partial charge in [0.1, 0.15) is 6.10 Å². The van der Waals surface area contributed by atoms with Crippen molar-refractivity contribution in [2.75, 3.05) is 40.4 Å². The van der Waals surface area contributed by atoms with Gasteiger partial charge in [-0.2, -0.15) is 26.3 Å². The number of nitrogens with zero attached hydrogens (tertiary/aromatic N) is 3. The summed E-state index contributed by atoms with van der Waals surface area (Å²) in [6.45, 7) is 2.85. The summed E-state index contributed by atoms with van der Waals surface area (Å²) in [6.07, 6.45) is -6.07. The van der Waals surface area contributed by atoms with E-state index in [1.807, 2.05) is 37.2 Å². The Labute approximate surface area is 214 Å². The van der Waals surface area contributed by atoms with E-state index in [9.17, 15) is 31.1 Å². The maximum atomic E-state index is 12.7. The molecule has 2 aliphatic rings. The Kier molecular flexibility index (Phi) is 12.9. The second-order valence-corrected chi connectivity index (χ2v) is 8.38. The monoisotopic (exact) mass is 561 g/mol. The molecule has 1 aliphatic heterocycles. The summed E-state index contributed by atoms with van der Waals surface area (Å²) in [5.74, 6) is -5.37. The lowest BCUT2D eigenvalue weighted by Crippen LogP contribution is -2.54. The number of hydrogen-bond acceptors (Lipinski definition) is 7. The average molecular weight is 561 g/mol. The van der Waals surface area contributed by atoms with Crippen LogP contribution in [0.15, 0.2) is 24.4 Å². The number of amides is 1. The van der Waals surface area contributed by atoms with Crippen LogP contribution in [-0.4, -0.2) is 114 Å². The van der Waals surface area contributed by atoms with Crippen molar-refractivity contribution in [2.24, 2.45) is 0 Å². The van der Waals surface area contributed by atoms with Crippen LogP contribution in [0.1, 0.15) is 18.5 Å². The Morgan fingerprint density at radius 3 is 2.13 bits per heavy atom. The fourth-order valence-corrected chi connectivity index (χ4v) is 3.55. The standard InChI is InChI=1S/C18H27N3O3.2C2HF3O2/c1-20(2)9-11-23-16-7-6-15-18(16)24-12-10-21(15)17(22)13-14-5-3-4-8-19-14;2*3-2(4,5)1(6)7/h3-5,8,15-16,18H,6-7,9-13H2,1-2H3;2*(H,6,7)/t15-,16+,18+;;/m0../s1. The van der Waals surface area contributed by atoms with Gasteiger partial charge >= 0.3 is 24.3 Å². The van der Waals surface area contributed by atoms with E-state index < -0.39 is 24.3 Å². The van der Waals surface area contributed by atoms with E-state index in [0.29, 0.717) is 26.2 Å². The molecule has 0 unspecified atom stereocenters. The molecule has 1 saturated carbocycles. The van der Waals surface area contributed by atoms with Gasteiger partial charge in [-0.05, 0) is 39.1 Å². The van der Waals surface area contributed by atoms with Gasteiger partial charge in [0.15, 0.2) is 0 Å². The third-order valence-electron chi connectivity index (χ3n) is 5.27. The Bertz CT molecular complexity index is 876. The normalized spacial score (nSPS) is 21.0. The van der Waals surface area contributed by atoms with E-state index in [-0.39, 0.29) is 24.2 Å². The zero-order valence-electron chi connectivity index (χ0n) is 20.5. The molecule has 1 aliphatic carbocycles. The Morgan fingerprint density at radius 1 is 1.08 bits per heavy atom. The number of carbonyl (C=O) groups is 3. The number of fused-ring (bicyclic) bond motifs is 1. The topological polar surface area (TPSA) is 130 Å². The smallest absolute Gasteiger partial charge is 0.475 e. The van der Waals surface area contributed by atoms with Gasteiger partial charge in [-0.3, -0.25) is 9.78 Å². The van der Waals surface area contributed by atoms with Crippen molar-refractivity contribution in [3.63, 3.8) is 0 Å². The van der Waals surface area contributed by atoms with Crippen LogP contribution in [0, 0.1) is 0 Å². The molecule has 0 aromatic carbocycles. The van der Waals surface area contributed by atoms with Crippen LogP contribution in [0.4, 0.5) is 26.3 Å². The highest BCUT2D eigenvalue weighted by Gasteiger charge is 2.45. The SMILES string of the molecule is CN(C)CCO[C@@H]1CC[C@H]2[C@H]1OCCN2C(=O)Cc1ccccn1.O=C(O)C(F)(F)F.O=C(O)C(F)(F)F. The van der Waals surface area contributed by atoms with Gasteiger partial charge in [-0.15, -0.1) is 0 Å². The molecular weight excluding hydrogens is 532 g/mol. The van der Waals surface area contributed by atoms with Crippen molar-refractivity contribution in [1.82, 2.24) is 14.8 Å². The molecule has 1 amide bonds. The van der Waals surface area contributed by atoms with Gasteiger partial charge in [0.2, 0.25) is 5.91 Å². The first kappa shape index (κ1) is 33.0. The molecule has 1 aromatic rings. The zero-order valence-corrected chi connectivity index (χ0v) is 20.5. The van der Waals surface area contributed by atoms with Gasteiger partial charge in [0.05, 0.1) is 31.8 Å². The number of rotatable bonds is 6. The number of morpholine rings is 1. The molecule has 216 valence electrons. The number of carbonyl (C=O) groups excluding carboxylic acids is 1. The summed E-state index contributed by atoms with van der Waals surface area (Å²) >= 11 is 0. The minimum absolute atomic E-state index is 0.00796. The highest BCUT2D eigenvalue weighted by molar-refractivity contribution is 5.79. The summed E-state index contributed by atoms with van der Waals surface area (Å²) in [6, 6.07) is 5.82. The maximum Gasteiger partial charge on any atom is 0.490 e. The fraction of sp³-hybridized carbons (Fsp3) is 0.636. The lowest BCUT2D eigenvalue weighted by Gasteiger charge is -2.39. The van der Waals surface area contributed by atoms with Crippen LogP contribution in [0.2, 0.25) is 0 Å². The van der Waals surface area contributed by atoms with Crippen molar-refractivity contribution in [3.8, 4) is 0 Å². The summed E-state index contributed by atoms with van der Waals surface area (Å²) in [4.78, 5) is 38.8. The molecular formula is C22H29F6N3O7. The number of carboxylic acid groups (broad SMARTS) is 2. The molecule has 0 spiro atoms. The summed E-state index contributed by atoms with van der Waals surface area (Å²) in [5.41, 5.74) is 0.822. The molecule has 3 rings (SSSR count). The number of alkyl halides is 6. The van der Waals surface area contributed by atoms with Crippen molar-refractivity contribution in [1.29, 1.82) is 0 Å². The third kappa shape index (κ3) is 11.6. The molecule has 2 heterocycles. The predicted octanol–water partition coefficient (Wildman–Crippen LogP) is 2.23. The Balaban J connectivity index is 0.000000426. The minimum Gasteiger partial charge on any atom is -0.475 e. The number of likely N-dealkylation sites (N-methyl/N-ethyl adjacent to an activating group) is 1. The lowest BCUT2D eigenvalue weighted by molar-refractivity contribution is -0.193. The molecule has 3 atom stereocenters. The summed E-state index contributed by atoms with van der Waals surface area (Å²) in [5, 5.41) is 14.2. The van der Waals surface area contributed by atoms with Gasteiger partial charge in [0.25, 0.3) is 0 Å². The first-order chi connectivity index (χ1) is 17.5. The van der Waals surface area contributed by atoms with E-state index in [1.165, 1.54) is 0 Å². The first-order valence-corrected chi connectivity index (χ1v) is 11.2. The highest BCUT2D eigenvalue weighted by atomic mass is 19.4. The Hall–Kier alpha value is -2.98. The van der Waals surface area contributed by atoms with E-state index in [4.69, 9.17) is 29.3 Å². The van der Waals surface area contributed by atoms with Crippen LogP contribution < -0.4 is 0 Å². The molecule has 2 fully saturated rings. The van der Waals surface area contributed by atoms with Crippen molar-refractivity contribution in [2.45, 2.75) is 49.9 Å².